The van der Waals surface area contributed by atoms with Gasteiger partial charge in [-0.3, -0.25) is 4.79 Å². The van der Waals surface area contributed by atoms with Gasteiger partial charge in [0, 0.05) is 25.2 Å². The van der Waals surface area contributed by atoms with E-state index in [-0.39, 0.29) is 17.2 Å². The second kappa shape index (κ2) is 9.28. The molecule has 0 unspecified atom stereocenters. The topological polar surface area (TPSA) is 84.9 Å². The van der Waals surface area contributed by atoms with Crippen molar-refractivity contribution < 1.29 is 22.7 Å². The van der Waals surface area contributed by atoms with E-state index >= 15 is 0 Å². The van der Waals surface area contributed by atoms with Crippen LogP contribution in [0.25, 0.3) is 0 Å². The number of aryl methyl sites for hydroxylation is 1. The summed E-state index contributed by atoms with van der Waals surface area (Å²) in [4.78, 5) is 12.6. The Bertz CT molecular complexity index is 952. The number of methoxy groups -OCH3 is 2. The van der Waals surface area contributed by atoms with E-state index in [1.54, 1.807) is 32.4 Å². The van der Waals surface area contributed by atoms with Gasteiger partial charge in [0.25, 0.3) is 0 Å². The normalized spacial score (nSPS) is 14.6. The van der Waals surface area contributed by atoms with Crippen molar-refractivity contribution in [3.8, 4) is 11.5 Å². The van der Waals surface area contributed by atoms with Gasteiger partial charge in [0.1, 0.15) is 11.5 Å². The van der Waals surface area contributed by atoms with Crippen LogP contribution in [0.4, 0.5) is 5.69 Å². The van der Waals surface area contributed by atoms with Crippen molar-refractivity contribution in [3.63, 3.8) is 0 Å². The van der Waals surface area contributed by atoms with Crippen LogP contribution >= 0.6 is 0 Å². The molecule has 1 aliphatic rings. The number of hydrogen-bond acceptors (Lipinski definition) is 5. The molecule has 1 aliphatic heterocycles. The SMILES string of the molecule is COc1ccc(OC)c(CCC(=O)Nc2ccc(S(=O)(=O)N3CCCC3)cc2)c1. The highest BCUT2D eigenvalue weighted by atomic mass is 32.2. The van der Waals surface area contributed by atoms with Crippen LogP contribution in [0.5, 0.6) is 11.5 Å². The van der Waals surface area contributed by atoms with Crippen LogP contribution in [-0.4, -0.2) is 45.9 Å². The van der Waals surface area contributed by atoms with Gasteiger partial charge < -0.3 is 14.8 Å². The van der Waals surface area contributed by atoms with Crippen LogP contribution < -0.4 is 14.8 Å². The van der Waals surface area contributed by atoms with Gasteiger partial charge in [-0.2, -0.15) is 4.31 Å². The van der Waals surface area contributed by atoms with Gasteiger partial charge >= 0.3 is 0 Å². The molecule has 1 heterocycles. The zero-order valence-corrected chi connectivity index (χ0v) is 17.5. The average molecular weight is 419 g/mol. The lowest BCUT2D eigenvalue weighted by atomic mass is 10.1. The number of carbonyl (C=O) groups excluding carboxylic acids is 1. The standard InChI is InChI=1S/C21H26N2O5S/c1-27-18-8-11-20(28-2)16(15-18)5-12-21(24)22-17-6-9-19(10-7-17)29(25,26)23-13-3-4-14-23/h6-11,15H,3-5,12-14H2,1-2H3,(H,22,24). The van der Waals surface area contributed by atoms with Crippen LogP contribution in [0.3, 0.4) is 0 Å². The van der Waals surface area contributed by atoms with Gasteiger partial charge in [-0.25, -0.2) is 8.42 Å². The molecule has 2 aromatic carbocycles. The monoisotopic (exact) mass is 418 g/mol. The quantitative estimate of drug-likeness (QED) is 0.712. The second-order valence-corrected chi connectivity index (χ2v) is 8.80. The van der Waals surface area contributed by atoms with Gasteiger partial charge in [0.2, 0.25) is 15.9 Å². The summed E-state index contributed by atoms with van der Waals surface area (Å²) in [5.74, 6) is 1.25. The molecule has 2 aromatic rings. The van der Waals surface area contributed by atoms with Crippen molar-refractivity contribution in [2.45, 2.75) is 30.6 Å². The maximum Gasteiger partial charge on any atom is 0.243 e. The third-order valence-electron chi connectivity index (χ3n) is 4.95. The number of sulfonamides is 1. The molecule has 29 heavy (non-hydrogen) atoms. The molecule has 156 valence electrons. The van der Waals surface area contributed by atoms with Gasteiger partial charge in [-0.05, 0) is 67.3 Å². The fourth-order valence-electron chi connectivity index (χ4n) is 3.34. The molecular weight excluding hydrogens is 392 g/mol. The summed E-state index contributed by atoms with van der Waals surface area (Å²) in [6.45, 7) is 1.13. The molecule has 0 aliphatic carbocycles. The summed E-state index contributed by atoms with van der Waals surface area (Å²) in [5.41, 5.74) is 1.45. The highest BCUT2D eigenvalue weighted by Crippen LogP contribution is 2.26. The second-order valence-electron chi connectivity index (χ2n) is 6.86. The predicted octanol–water partition coefficient (Wildman–Crippen LogP) is 3.06. The average Bonchev–Trinajstić information content (AvgIpc) is 3.28. The van der Waals surface area contributed by atoms with E-state index in [0.717, 1.165) is 18.4 Å². The third-order valence-corrected chi connectivity index (χ3v) is 6.86. The number of nitrogens with one attached hydrogen (secondary N) is 1. The molecule has 3 rings (SSSR count). The van der Waals surface area contributed by atoms with Crippen molar-refractivity contribution in [3.05, 3.63) is 48.0 Å². The van der Waals surface area contributed by atoms with E-state index in [1.165, 1.54) is 16.4 Å². The Morgan fingerprint density at radius 2 is 1.72 bits per heavy atom. The lowest BCUT2D eigenvalue weighted by Gasteiger charge is -2.15. The molecule has 0 radical (unpaired) electrons. The van der Waals surface area contributed by atoms with E-state index in [0.29, 0.717) is 36.7 Å². The highest BCUT2D eigenvalue weighted by molar-refractivity contribution is 7.89. The number of amides is 1. The molecule has 0 saturated carbocycles. The van der Waals surface area contributed by atoms with Crippen LogP contribution in [-0.2, 0) is 21.2 Å². The lowest BCUT2D eigenvalue weighted by molar-refractivity contribution is -0.116. The first kappa shape index (κ1) is 21.1. The van der Waals surface area contributed by atoms with E-state index < -0.39 is 10.0 Å². The Morgan fingerprint density at radius 1 is 1.03 bits per heavy atom. The van der Waals surface area contributed by atoms with Gasteiger partial charge in [-0.1, -0.05) is 0 Å². The van der Waals surface area contributed by atoms with E-state index in [4.69, 9.17) is 9.47 Å². The summed E-state index contributed by atoms with van der Waals surface area (Å²) in [7, 11) is -0.274. The summed E-state index contributed by atoms with van der Waals surface area (Å²) < 4.78 is 37.2. The molecular formula is C21H26N2O5S. The number of hydrogen-bond donors (Lipinski definition) is 1. The lowest BCUT2D eigenvalue weighted by Crippen LogP contribution is -2.27. The van der Waals surface area contributed by atoms with Crippen LogP contribution in [0, 0.1) is 0 Å². The molecule has 1 amide bonds. The van der Waals surface area contributed by atoms with E-state index in [1.807, 2.05) is 12.1 Å². The zero-order valence-electron chi connectivity index (χ0n) is 16.7. The number of ether oxygens (including phenoxy) is 2. The fourth-order valence-corrected chi connectivity index (χ4v) is 4.85. The number of rotatable bonds is 8. The number of benzene rings is 2. The van der Waals surface area contributed by atoms with Crippen molar-refractivity contribution in [1.82, 2.24) is 4.31 Å². The van der Waals surface area contributed by atoms with Gasteiger partial charge in [-0.15, -0.1) is 0 Å². The Hall–Kier alpha value is -2.58. The highest BCUT2D eigenvalue weighted by Gasteiger charge is 2.26. The van der Waals surface area contributed by atoms with Crippen molar-refractivity contribution in [1.29, 1.82) is 0 Å². The Balaban J connectivity index is 1.60. The molecule has 1 saturated heterocycles. The molecule has 0 aromatic heterocycles. The smallest absolute Gasteiger partial charge is 0.243 e. The zero-order chi connectivity index (χ0) is 20.9. The van der Waals surface area contributed by atoms with Crippen LogP contribution in [0.1, 0.15) is 24.8 Å². The van der Waals surface area contributed by atoms with Crippen molar-refractivity contribution in [2.24, 2.45) is 0 Å². The molecule has 8 heteroatoms. The minimum absolute atomic E-state index is 0.162. The van der Waals surface area contributed by atoms with E-state index in [2.05, 4.69) is 5.32 Å². The predicted molar refractivity (Wildman–Crippen MR) is 111 cm³/mol. The number of carbonyl (C=O) groups is 1. The summed E-state index contributed by atoms with van der Waals surface area (Å²) >= 11 is 0. The fraction of sp³-hybridized carbons (Fsp3) is 0.381. The largest absolute Gasteiger partial charge is 0.497 e. The molecule has 1 fully saturated rings. The summed E-state index contributed by atoms with van der Waals surface area (Å²) in [5, 5.41) is 2.81. The number of anilines is 1. The maximum atomic E-state index is 12.6. The number of nitrogens with zero attached hydrogens (tertiary/aromatic N) is 1. The Morgan fingerprint density at radius 3 is 2.34 bits per heavy atom. The molecule has 0 bridgehead atoms. The molecule has 0 atom stereocenters. The minimum Gasteiger partial charge on any atom is -0.497 e. The van der Waals surface area contributed by atoms with Gasteiger partial charge in [0.05, 0.1) is 19.1 Å². The Kier molecular flexibility index (Phi) is 6.76. The minimum atomic E-state index is -3.45. The van der Waals surface area contributed by atoms with Crippen molar-refractivity contribution in [2.75, 3.05) is 32.6 Å². The molecule has 1 N–H and O–H groups in total. The van der Waals surface area contributed by atoms with Crippen LogP contribution in [0.15, 0.2) is 47.4 Å². The molecule has 0 spiro atoms. The summed E-state index contributed by atoms with van der Waals surface area (Å²) in [6, 6.07) is 11.8. The van der Waals surface area contributed by atoms with Crippen LogP contribution in [0.2, 0.25) is 0 Å². The molecule has 7 nitrogen and oxygen atoms in total. The maximum absolute atomic E-state index is 12.6. The first-order valence-electron chi connectivity index (χ1n) is 9.55. The first-order valence-corrected chi connectivity index (χ1v) is 11.0. The Labute approximate surface area is 171 Å². The van der Waals surface area contributed by atoms with Crippen molar-refractivity contribution >= 4 is 21.6 Å². The van der Waals surface area contributed by atoms with Gasteiger partial charge in [0.15, 0.2) is 0 Å². The third kappa shape index (κ3) is 5.07. The first-order chi connectivity index (χ1) is 13.9. The summed E-state index contributed by atoms with van der Waals surface area (Å²) in [6.07, 6.45) is 2.54. The van der Waals surface area contributed by atoms with E-state index in [9.17, 15) is 13.2 Å².